The molecule has 2 N–H and O–H groups in total. The second kappa shape index (κ2) is 9.51. The molecule has 0 spiro atoms. The molecule has 3 aromatic rings. The van der Waals surface area contributed by atoms with Gasteiger partial charge in [0.25, 0.3) is 0 Å². The van der Waals surface area contributed by atoms with Crippen molar-refractivity contribution in [2.75, 3.05) is 0 Å². The van der Waals surface area contributed by atoms with Gasteiger partial charge in [0, 0.05) is 10.0 Å². The Bertz CT molecular complexity index is 862. The van der Waals surface area contributed by atoms with Gasteiger partial charge in [-0.05, 0) is 79.3 Å². The molecule has 0 aromatic heterocycles. The maximum absolute atomic E-state index is 9.84. The van der Waals surface area contributed by atoms with Crippen LogP contribution in [-0.4, -0.2) is 10.2 Å². The Labute approximate surface area is 164 Å². The fourth-order valence-corrected chi connectivity index (χ4v) is 2.87. The summed E-state index contributed by atoms with van der Waals surface area (Å²) in [5.41, 5.74) is 4.09. The predicted octanol–water partition coefficient (Wildman–Crippen LogP) is 6.49. The first kappa shape index (κ1) is 20.2. The highest BCUT2D eigenvalue weighted by Gasteiger charge is 2.08. The summed E-state index contributed by atoms with van der Waals surface area (Å²) < 4.78 is 0. The largest absolute Gasteiger partial charge is 0.508 e. The summed E-state index contributed by atoms with van der Waals surface area (Å²) >= 11 is 11.7. The van der Waals surface area contributed by atoms with E-state index in [1.807, 2.05) is 32.0 Å². The smallest absolute Gasteiger partial charge is 0.119 e. The number of aromatic hydroxyl groups is 2. The molecule has 3 rings (SSSR count). The van der Waals surface area contributed by atoms with Crippen LogP contribution in [-0.2, 0) is 12.8 Å². The molecule has 0 heterocycles. The van der Waals surface area contributed by atoms with Crippen LogP contribution in [0, 0.1) is 13.8 Å². The van der Waals surface area contributed by atoms with Gasteiger partial charge in [-0.3, -0.25) is 0 Å². The van der Waals surface area contributed by atoms with E-state index in [9.17, 15) is 5.11 Å². The van der Waals surface area contributed by atoms with Crippen molar-refractivity contribution in [3.63, 3.8) is 0 Å². The van der Waals surface area contributed by atoms with Gasteiger partial charge in [0.2, 0.25) is 0 Å². The van der Waals surface area contributed by atoms with E-state index in [0.717, 1.165) is 29.5 Å². The number of phenolic OH excluding ortho intramolecular Hbond substituents is 2. The molecule has 0 aliphatic rings. The summed E-state index contributed by atoms with van der Waals surface area (Å²) in [6.45, 7) is 3.80. The number of hydrogen-bond donors (Lipinski definition) is 2. The first-order chi connectivity index (χ1) is 12.4. The fraction of sp³-hybridized carbons (Fsp3) is 0.182. The molecular formula is C22H22Cl2O2. The van der Waals surface area contributed by atoms with Crippen LogP contribution in [0.3, 0.4) is 0 Å². The summed E-state index contributed by atoms with van der Waals surface area (Å²) in [6, 6.07) is 18.5. The molecule has 26 heavy (non-hydrogen) atoms. The van der Waals surface area contributed by atoms with Gasteiger partial charge >= 0.3 is 0 Å². The molecule has 136 valence electrons. The zero-order chi connectivity index (χ0) is 19.1. The van der Waals surface area contributed by atoms with Crippen molar-refractivity contribution in [2.45, 2.75) is 26.7 Å². The lowest BCUT2D eigenvalue weighted by atomic mass is 9.99. The molecule has 0 amide bonds. The van der Waals surface area contributed by atoms with Crippen molar-refractivity contribution in [1.82, 2.24) is 0 Å². The van der Waals surface area contributed by atoms with E-state index < -0.39 is 0 Å². The molecule has 0 fully saturated rings. The minimum Gasteiger partial charge on any atom is -0.508 e. The first-order valence-electron chi connectivity index (χ1n) is 8.34. The number of phenols is 2. The second-order valence-corrected chi connectivity index (χ2v) is 6.90. The van der Waals surface area contributed by atoms with Crippen molar-refractivity contribution < 1.29 is 10.2 Å². The quantitative estimate of drug-likeness (QED) is 0.537. The van der Waals surface area contributed by atoms with Crippen molar-refractivity contribution in [2.24, 2.45) is 0 Å². The number of hydrogen-bond acceptors (Lipinski definition) is 2. The number of rotatable bonds is 3. The third-order valence-electron chi connectivity index (χ3n) is 4.16. The van der Waals surface area contributed by atoms with Crippen molar-refractivity contribution in [3.8, 4) is 11.5 Å². The Hall–Kier alpha value is -2.16. The first-order valence-corrected chi connectivity index (χ1v) is 9.10. The average Bonchev–Trinajstić information content (AvgIpc) is 2.63. The summed E-state index contributed by atoms with van der Waals surface area (Å²) in [5.74, 6) is 0.597. The van der Waals surface area contributed by atoms with Gasteiger partial charge in [0.05, 0.1) is 0 Å². The SMILES string of the molecule is Cc1c(Cl)ccc(O)c1CCc1ccccc1.Cc1cc(O)ccc1Cl. The zero-order valence-corrected chi connectivity index (χ0v) is 16.3. The highest BCUT2D eigenvalue weighted by molar-refractivity contribution is 6.31. The van der Waals surface area contributed by atoms with Gasteiger partial charge in [0.15, 0.2) is 0 Å². The summed E-state index contributed by atoms with van der Waals surface area (Å²) in [7, 11) is 0. The average molecular weight is 389 g/mol. The topological polar surface area (TPSA) is 40.5 Å². The number of benzene rings is 3. The van der Waals surface area contributed by atoms with E-state index in [1.165, 1.54) is 5.56 Å². The lowest BCUT2D eigenvalue weighted by Gasteiger charge is -2.10. The van der Waals surface area contributed by atoms with Crippen LogP contribution >= 0.6 is 23.2 Å². The van der Waals surface area contributed by atoms with Gasteiger partial charge in [-0.15, -0.1) is 0 Å². The van der Waals surface area contributed by atoms with Crippen LogP contribution < -0.4 is 0 Å². The molecule has 0 aliphatic heterocycles. The van der Waals surface area contributed by atoms with Gasteiger partial charge < -0.3 is 10.2 Å². The molecule has 0 saturated heterocycles. The zero-order valence-electron chi connectivity index (χ0n) is 14.8. The molecule has 0 atom stereocenters. The van der Waals surface area contributed by atoms with Crippen LogP contribution in [0.5, 0.6) is 11.5 Å². The minimum atomic E-state index is 0.261. The minimum absolute atomic E-state index is 0.261. The monoisotopic (exact) mass is 388 g/mol. The third kappa shape index (κ3) is 5.69. The third-order valence-corrected chi connectivity index (χ3v) is 4.99. The molecular weight excluding hydrogens is 367 g/mol. The molecule has 0 unspecified atom stereocenters. The van der Waals surface area contributed by atoms with Crippen molar-refractivity contribution in [3.05, 3.63) is 93.0 Å². The predicted molar refractivity (Wildman–Crippen MR) is 110 cm³/mol. The van der Waals surface area contributed by atoms with E-state index in [2.05, 4.69) is 12.1 Å². The summed E-state index contributed by atoms with van der Waals surface area (Å²) in [4.78, 5) is 0. The second-order valence-electron chi connectivity index (χ2n) is 6.09. The molecule has 3 aromatic carbocycles. The summed E-state index contributed by atoms with van der Waals surface area (Å²) in [6.07, 6.45) is 1.72. The number of aryl methyl sites for hydroxylation is 2. The van der Waals surface area contributed by atoms with E-state index in [1.54, 1.807) is 30.3 Å². The van der Waals surface area contributed by atoms with Crippen LogP contribution in [0.4, 0.5) is 0 Å². The molecule has 0 bridgehead atoms. The Kier molecular flexibility index (Phi) is 7.38. The maximum atomic E-state index is 9.84. The Morgan fingerprint density at radius 3 is 2.04 bits per heavy atom. The molecule has 0 saturated carbocycles. The maximum Gasteiger partial charge on any atom is 0.119 e. The van der Waals surface area contributed by atoms with E-state index in [0.29, 0.717) is 15.8 Å². The Balaban J connectivity index is 0.000000228. The van der Waals surface area contributed by atoms with Gasteiger partial charge in [0.1, 0.15) is 11.5 Å². The molecule has 2 nitrogen and oxygen atoms in total. The van der Waals surface area contributed by atoms with E-state index in [-0.39, 0.29) is 5.75 Å². The molecule has 0 radical (unpaired) electrons. The van der Waals surface area contributed by atoms with Crippen molar-refractivity contribution in [1.29, 1.82) is 0 Å². The van der Waals surface area contributed by atoms with E-state index >= 15 is 0 Å². The summed E-state index contributed by atoms with van der Waals surface area (Å²) in [5, 5.41) is 20.1. The highest BCUT2D eigenvalue weighted by atomic mass is 35.5. The Morgan fingerprint density at radius 1 is 0.769 bits per heavy atom. The fourth-order valence-electron chi connectivity index (χ4n) is 2.57. The lowest BCUT2D eigenvalue weighted by molar-refractivity contribution is 0.467. The Morgan fingerprint density at radius 2 is 1.42 bits per heavy atom. The molecule has 0 aliphatic carbocycles. The number of halogens is 2. The normalized spacial score (nSPS) is 10.2. The van der Waals surface area contributed by atoms with Crippen LogP contribution in [0.25, 0.3) is 0 Å². The van der Waals surface area contributed by atoms with Crippen LogP contribution in [0.1, 0.15) is 22.3 Å². The van der Waals surface area contributed by atoms with Gasteiger partial charge in [-0.2, -0.15) is 0 Å². The standard InChI is InChI=1S/C15H15ClO.C7H7ClO/c1-11-13(15(17)10-9-14(11)16)8-7-12-5-3-2-4-6-12;1-5-4-6(9)2-3-7(5)8/h2-6,9-10,17H,7-8H2,1H3;2-4,9H,1H3. The molecule has 4 heteroatoms. The lowest BCUT2D eigenvalue weighted by Crippen LogP contribution is -1.95. The van der Waals surface area contributed by atoms with E-state index in [4.69, 9.17) is 28.3 Å². The van der Waals surface area contributed by atoms with Crippen LogP contribution in [0.15, 0.2) is 60.7 Å². The highest BCUT2D eigenvalue weighted by Crippen LogP contribution is 2.28. The van der Waals surface area contributed by atoms with Gasteiger partial charge in [-0.25, -0.2) is 0 Å². The van der Waals surface area contributed by atoms with Gasteiger partial charge in [-0.1, -0.05) is 53.5 Å². The van der Waals surface area contributed by atoms with Crippen LogP contribution in [0.2, 0.25) is 10.0 Å². The van der Waals surface area contributed by atoms with Crippen molar-refractivity contribution >= 4 is 23.2 Å².